The van der Waals surface area contributed by atoms with Crippen molar-refractivity contribution in [3.05, 3.63) is 76.0 Å². The van der Waals surface area contributed by atoms with Crippen LogP contribution in [0.15, 0.2) is 59.7 Å². The van der Waals surface area contributed by atoms with Crippen LogP contribution in [0.1, 0.15) is 11.1 Å². The Morgan fingerprint density at radius 3 is 2.52 bits per heavy atom. The maximum atomic E-state index is 10.5. The van der Waals surface area contributed by atoms with E-state index in [2.05, 4.69) is 4.99 Å². The summed E-state index contributed by atoms with van der Waals surface area (Å²) in [4.78, 5) is 14.2. The maximum absolute atomic E-state index is 10.5. The third-order valence-electron chi connectivity index (χ3n) is 2.77. The molecular formula is C15H14N4O2. The summed E-state index contributed by atoms with van der Waals surface area (Å²) in [6.07, 6.45) is 3.25. The average molecular weight is 282 g/mol. The van der Waals surface area contributed by atoms with Crippen molar-refractivity contribution in [2.45, 2.75) is 0 Å². The van der Waals surface area contributed by atoms with Gasteiger partial charge in [-0.3, -0.25) is 10.1 Å². The molecule has 0 aliphatic heterocycles. The number of nitro groups is 1. The van der Waals surface area contributed by atoms with E-state index >= 15 is 0 Å². The topological polar surface area (TPSA) is 108 Å². The fourth-order valence-electron chi connectivity index (χ4n) is 1.68. The number of aliphatic imine (C=N–C) groups is 1. The van der Waals surface area contributed by atoms with E-state index in [9.17, 15) is 10.1 Å². The zero-order valence-electron chi connectivity index (χ0n) is 11.1. The molecule has 0 saturated carbocycles. The molecule has 2 aromatic carbocycles. The third kappa shape index (κ3) is 3.90. The van der Waals surface area contributed by atoms with Gasteiger partial charge >= 0.3 is 0 Å². The number of anilines is 1. The summed E-state index contributed by atoms with van der Waals surface area (Å²) < 4.78 is 0. The predicted octanol–water partition coefficient (Wildman–Crippen LogP) is 2.55. The lowest BCUT2D eigenvalue weighted by atomic mass is 10.2. The number of hydrogen-bond acceptors (Lipinski definition) is 4. The van der Waals surface area contributed by atoms with E-state index in [0.29, 0.717) is 11.5 Å². The Hall–Kier alpha value is -3.15. The monoisotopic (exact) mass is 282 g/mol. The van der Waals surface area contributed by atoms with Crippen LogP contribution in [0.4, 0.5) is 11.4 Å². The van der Waals surface area contributed by atoms with Crippen LogP contribution in [0.3, 0.4) is 0 Å². The van der Waals surface area contributed by atoms with E-state index in [1.54, 1.807) is 42.6 Å². The first-order valence-corrected chi connectivity index (χ1v) is 6.16. The summed E-state index contributed by atoms with van der Waals surface area (Å²) in [6.45, 7) is 0. The predicted molar refractivity (Wildman–Crippen MR) is 83.7 cm³/mol. The minimum Gasteiger partial charge on any atom is -0.399 e. The normalized spacial score (nSPS) is 11.7. The van der Waals surface area contributed by atoms with Crippen LogP contribution in [0.5, 0.6) is 0 Å². The van der Waals surface area contributed by atoms with Gasteiger partial charge in [-0.25, -0.2) is 4.99 Å². The largest absolute Gasteiger partial charge is 0.399 e. The van der Waals surface area contributed by atoms with Gasteiger partial charge in [-0.2, -0.15) is 0 Å². The molecule has 106 valence electrons. The van der Waals surface area contributed by atoms with E-state index in [4.69, 9.17) is 11.5 Å². The molecular weight excluding hydrogens is 268 g/mol. The van der Waals surface area contributed by atoms with E-state index < -0.39 is 4.92 Å². The van der Waals surface area contributed by atoms with Gasteiger partial charge in [0.2, 0.25) is 0 Å². The Balaban J connectivity index is 2.10. The van der Waals surface area contributed by atoms with Crippen molar-refractivity contribution in [1.29, 1.82) is 0 Å². The van der Waals surface area contributed by atoms with Gasteiger partial charge < -0.3 is 11.5 Å². The highest BCUT2D eigenvalue weighted by molar-refractivity contribution is 5.98. The molecule has 6 nitrogen and oxygen atoms in total. The van der Waals surface area contributed by atoms with Crippen molar-refractivity contribution in [3.8, 4) is 0 Å². The summed E-state index contributed by atoms with van der Waals surface area (Å²) in [6, 6.07) is 13.3. The molecule has 0 heterocycles. The smallest absolute Gasteiger partial charge is 0.269 e. The molecule has 0 unspecified atom stereocenters. The highest BCUT2D eigenvalue weighted by atomic mass is 16.6. The molecule has 0 spiro atoms. The van der Waals surface area contributed by atoms with Crippen molar-refractivity contribution in [1.82, 2.24) is 0 Å². The summed E-state index contributed by atoms with van der Waals surface area (Å²) in [5.74, 6) is 0.348. The molecule has 0 saturated heterocycles. The molecule has 0 aromatic heterocycles. The average Bonchev–Trinajstić information content (AvgIpc) is 2.47. The van der Waals surface area contributed by atoms with Crippen LogP contribution in [0.2, 0.25) is 0 Å². The Morgan fingerprint density at radius 2 is 1.90 bits per heavy atom. The highest BCUT2D eigenvalue weighted by Gasteiger charge is 2.02. The number of nitrogens with zero attached hydrogens (tertiary/aromatic N) is 2. The Morgan fingerprint density at radius 1 is 1.19 bits per heavy atom. The molecule has 2 aromatic rings. The van der Waals surface area contributed by atoms with Crippen molar-refractivity contribution in [2.24, 2.45) is 10.7 Å². The molecule has 0 amide bonds. The molecule has 0 fully saturated rings. The molecule has 0 bridgehead atoms. The van der Waals surface area contributed by atoms with E-state index in [-0.39, 0.29) is 5.69 Å². The second kappa shape index (κ2) is 6.33. The second-order valence-corrected chi connectivity index (χ2v) is 4.30. The van der Waals surface area contributed by atoms with E-state index in [1.807, 2.05) is 6.07 Å². The van der Waals surface area contributed by atoms with Gasteiger partial charge in [0.1, 0.15) is 5.84 Å². The Kier molecular flexibility index (Phi) is 4.30. The minimum atomic E-state index is -0.441. The van der Waals surface area contributed by atoms with Gasteiger partial charge in [-0.15, -0.1) is 0 Å². The van der Waals surface area contributed by atoms with Crippen molar-refractivity contribution < 1.29 is 4.92 Å². The SMILES string of the molecule is NC(=NC=Cc1ccc([N+](=O)[O-])cc1)c1cccc(N)c1. The van der Waals surface area contributed by atoms with E-state index in [0.717, 1.165) is 11.1 Å². The summed E-state index contributed by atoms with van der Waals surface area (Å²) in [7, 11) is 0. The first kappa shape index (κ1) is 14.3. The van der Waals surface area contributed by atoms with Crippen LogP contribution in [-0.4, -0.2) is 10.8 Å². The fraction of sp³-hybridized carbons (Fsp3) is 0. The maximum Gasteiger partial charge on any atom is 0.269 e. The lowest BCUT2D eigenvalue weighted by molar-refractivity contribution is -0.384. The van der Waals surface area contributed by atoms with Crippen molar-refractivity contribution in [3.63, 3.8) is 0 Å². The standard InChI is InChI=1S/C15H14N4O2/c16-13-3-1-2-12(10-13)15(17)18-9-8-11-4-6-14(7-5-11)19(20)21/h1-10H,16H2,(H2,17,18). The number of rotatable bonds is 4. The zero-order valence-corrected chi connectivity index (χ0v) is 11.1. The van der Waals surface area contributed by atoms with Gasteiger partial charge in [0.05, 0.1) is 4.92 Å². The second-order valence-electron chi connectivity index (χ2n) is 4.30. The molecule has 6 heteroatoms. The van der Waals surface area contributed by atoms with Gasteiger partial charge in [0, 0.05) is 29.6 Å². The van der Waals surface area contributed by atoms with Gasteiger partial charge in [-0.1, -0.05) is 12.1 Å². The lowest BCUT2D eigenvalue weighted by Gasteiger charge is -2.00. The Bertz CT molecular complexity index is 706. The third-order valence-corrected chi connectivity index (χ3v) is 2.77. The number of nitrogen functional groups attached to an aromatic ring is 1. The van der Waals surface area contributed by atoms with Gasteiger partial charge in [-0.05, 0) is 35.9 Å². The summed E-state index contributed by atoms with van der Waals surface area (Å²) >= 11 is 0. The van der Waals surface area contributed by atoms with Crippen molar-refractivity contribution in [2.75, 3.05) is 5.73 Å². The molecule has 2 rings (SSSR count). The minimum absolute atomic E-state index is 0.0509. The van der Waals surface area contributed by atoms with Gasteiger partial charge in [0.25, 0.3) is 5.69 Å². The number of amidine groups is 1. The molecule has 0 aliphatic carbocycles. The van der Waals surface area contributed by atoms with Crippen LogP contribution in [-0.2, 0) is 0 Å². The lowest BCUT2D eigenvalue weighted by Crippen LogP contribution is -2.12. The first-order valence-electron chi connectivity index (χ1n) is 6.16. The number of non-ortho nitro benzene ring substituents is 1. The van der Waals surface area contributed by atoms with Crippen LogP contribution in [0, 0.1) is 10.1 Å². The van der Waals surface area contributed by atoms with Crippen LogP contribution < -0.4 is 11.5 Å². The van der Waals surface area contributed by atoms with Gasteiger partial charge in [0.15, 0.2) is 0 Å². The molecule has 4 N–H and O–H groups in total. The molecule has 0 radical (unpaired) electrons. The number of hydrogen-bond donors (Lipinski definition) is 2. The molecule has 0 aliphatic rings. The van der Waals surface area contributed by atoms with Crippen LogP contribution in [0.25, 0.3) is 6.08 Å². The number of nitro benzene ring substituents is 1. The van der Waals surface area contributed by atoms with Crippen LogP contribution >= 0.6 is 0 Å². The van der Waals surface area contributed by atoms with Crippen molar-refractivity contribution >= 4 is 23.3 Å². The summed E-state index contributed by atoms with van der Waals surface area (Å²) in [5.41, 5.74) is 13.7. The summed E-state index contributed by atoms with van der Waals surface area (Å²) in [5, 5.41) is 10.5. The molecule has 0 atom stereocenters. The zero-order chi connectivity index (χ0) is 15.2. The fourth-order valence-corrected chi connectivity index (χ4v) is 1.68. The molecule has 21 heavy (non-hydrogen) atoms. The quantitative estimate of drug-likeness (QED) is 0.295. The number of benzene rings is 2. The van der Waals surface area contributed by atoms with E-state index in [1.165, 1.54) is 12.1 Å². The first-order chi connectivity index (χ1) is 10.1. The Labute approximate surface area is 121 Å². The highest BCUT2D eigenvalue weighted by Crippen LogP contribution is 2.13. The number of nitrogens with two attached hydrogens (primary N) is 2.